The van der Waals surface area contributed by atoms with Crippen molar-refractivity contribution in [3.05, 3.63) is 0 Å². The van der Waals surface area contributed by atoms with Gasteiger partial charge >= 0.3 is 0 Å². The average Bonchev–Trinajstić information content (AvgIpc) is 2.35. The molecule has 1 aliphatic heterocycles. The van der Waals surface area contributed by atoms with E-state index in [9.17, 15) is 4.79 Å². The molecule has 0 saturated carbocycles. The molecule has 4 heteroatoms. The number of carbonyl (C=O) groups excluding carboxylic acids is 1. The maximum Gasteiger partial charge on any atom is 0.237 e. The van der Waals surface area contributed by atoms with Gasteiger partial charge in [0.2, 0.25) is 5.91 Å². The predicted molar refractivity (Wildman–Crippen MR) is 89.4 cm³/mol. The molecule has 0 aromatic heterocycles. The largest absolute Gasteiger partial charge is 0.337 e. The van der Waals surface area contributed by atoms with E-state index in [4.69, 9.17) is 0 Å². The zero-order chi connectivity index (χ0) is 16.0. The van der Waals surface area contributed by atoms with E-state index in [2.05, 4.69) is 51.8 Å². The molecule has 0 aromatic carbocycles. The van der Waals surface area contributed by atoms with Gasteiger partial charge in [-0.3, -0.25) is 9.69 Å². The van der Waals surface area contributed by atoms with Gasteiger partial charge in [0.05, 0.1) is 6.54 Å². The van der Waals surface area contributed by atoms with Crippen LogP contribution in [0.25, 0.3) is 0 Å². The van der Waals surface area contributed by atoms with Crippen molar-refractivity contribution in [3.63, 3.8) is 0 Å². The van der Waals surface area contributed by atoms with Crippen molar-refractivity contribution in [1.29, 1.82) is 0 Å². The summed E-state index contributed by atoms with van der Waals surface area (Å²) >= 11 is 0. The predicted octanol–water partition coefficient (Wildman–Crippen LogP) is 2.34. The SMILES string of the molecule is CC(C)NCC1CCCN(CC(=O)N(C(C)C)C(C)C)C1. The molecular formula is C17H35N3O. The smallest absolute Gasteiger partial charge is 0.237 e. The van der Waals surface area contributed by atoms with E-state index < -0.39 is 0 Å². The fourth-order valence-electron chi connectivity index (χ4n) is 3.31. The van der Waals surface area contributed by atoms with Gasteiger partial charge in [0, 0.05) is 24.7 Å². The van der Waals surface area contributed by atoms with Crippen LogP contribution in [-0.4, -0.2) is 60.0 Å². The minimum atomic E-state index is 0.275. The maximum atomic E-state index is 12.5. The Balaban J connectivity index is 2.47. The van der Waals surface area contributed by atoms with Crippen molar-refractivity contribution >= 4 is 5.91 Å². The number of nitrogens with zero attached hydrogens (tertiary/aromatic N) is 2. The lowest BCUT2D eigenvalue weighted by Gasteiger charge is -2.36. The molecule has 1 unspecified atom stereocenters. The Morgan fingerprint density at radius 1 is 1.19 bits per heavy atom. The molecule has 1 fully saturated rings. The van der Waals surface area contributed by atoms with E-state index in [-0.39, 0.29) is 18.0 Å². The highest BCUT2D eigenvalue weighted by molar-refractivity contribution is 5.78. The van der Waals surface area contributed by atoms with Crippen LogP contribution in [0.1, 0.15) is 54.4 Å². The van der Waals surface area contributed by atoms with Gasteiger partial charge in [0.1, 0.15) is 0 Å². The minimum absolute atomic E-state index is 0.275. The van der Waals surface area contributed by atoms with Crippen LogP contribution in [0, 0.1) is 5.92 Å². The third kappa shape index (κ3) is 6.35. The zero-order valence-electron chi connectivity index (χ0n) is 14.9. The Hall–Kier alpha value is -0.610. The molecule has 0 aromatic rings. The normalized spacial score (nSPS) is 20.5. The first-order valence-corrected chi connectivity index (χ1v) is 8.58. The average molecular weight is 297 g/mol. The Morgan fingerprint density at radius 2 is 1.81 bits per heavy atom. The van der Waals surface area contributed by atoms with E-state index in [0.29, 0.717) is 18.5 Å². The van der Waals surface area contributed by atoms with Crippen LogP contribution in [0.5, 0.6) is 0 Å². The number of piperidine rings is 1. The van der Waals surface area contributed by atoms with Crippen molar-refractivity contribution in [2.75, 3.05) is 26.2 Å². The van der Waals surface area contributed by atoms with Crippen LogP contribution in [0.15, 0.2) is 0 Å². The van der Waals surface area contributed by atoms with Gasteiger partial charge in [-0.15, -0.1) is 0 Å². The molecule has 1 atom stereocenters. The van der Waals surface area contributed by atoms with Crippen LogP contribution in [-0.2, 0) is 4.79 Å². The van der Waals surface area contributed by atoms with Gasteiger partial charge in [-0.2, -0.15) is 0 Å². The molecule has 0 radical (unpaired) electrons. The molecule has 1 aliphatic rings. The summed E-state index contributed by atoms with van der Waals surface area (Å²) in [6, 6.07) is 1.10. The number of hydrogen-bond acceptors (Lipinski definition) is 3. The summed E-state index contributed by atoms with van der Waals surface area (Å²) in [6.45, 7) is 16.5. The highest BCUT2D eigenvalue weighted by Crippen LogP contribution is 2.16. The molecule has 4 nitrogen and oxygen atoms in total. The zero-order valence-corrected chi connectivity index (χ0v) is 14.9. The number of hydrogen-bond donors (Lipinski definition) is 1. The Labute approximate surface area is 131 Å². The molecule has 1 saturated heterocycles. The van der Waals surface area contributed by atoms with E-state index >= 15 is 0 Å². The fraction of sp³-hybridized carbons (Fsp3) is 0.941. The highest BCUT2D eigenvalue weighted by Gasteiger charge is 2.25. The molecular weight excluding hydrogens is 262 g/mol. The molecule has 0 bridgehead atoms. The molecule has 124 valence electrons. The van der Waals surface area contributed by atoms with E-state index in [1.807, 2.05) is 4.90 Å². The van der Waals surface area contributed by atoms with Crippen molar-refractivity contribution in [3.8, 4) is 0 Å². The number of carbonyl (C=O) groups is 1. The van der Waals surface area contributed by atoms with Crippen LogP contribution < -0.4 is 5.32 Å². The first kappa shape index (κ1) is 18.4. The van der Waals surface area contributed by atoms with E-state index in [0.717, 1.165) is 19.6 Å². The lowest BCUT2D eigenvalue weighted by Crippen LogP contribution is -2.49. The summed E-state index contributed by atoms with van der Waals surface area (Å²) in [5.74, 6) is 0.956. The molecule has 1 N–H and O–H groups in total. The van der Waals surface area contributed by atoms with Crippen LogP contribution in [0.4, 0.5) is 0 Å². The highest BCUT2D eigenvalue weighted by atomic mass is 16.2. The quantitative estimate of drug-likeness (QED) is 0.783. The number of likely N-dealkylation sites (tertiary alicyclic amines) is 1. The third-order valence-electron chi connectivity index (χ3n) is 4.18. The fourth-order valence-corrected chi connectivity index (χ4v) is 3.31. The first-order valence-electron chi connectivity index (χ1n) is 8.58. The lowest BCUT2D eigenvalue weighted by atomic mass is 9.97. The summed E-state index contributed by atoms with van der Waals surface area (Å²) in [4.78, 5) is 16.9. The summed E-state index contributed by atoms with van der Waals surface area (Å²) in [5.41, 5.74) is 0. The molecule has 1 heterocycles. The number of amides is 1. The van der Waals surface area contributed by atoms with Gasteiger partial charge < -0.3 is 10.2 Å². The minimum Gasteiger partial charge on any atom is -0.337 e. The first-order chi connectivity index (χ1) is 9.81. The van der Waals surface area contributed by atoms with Crippen molar-refractivity contribution in [1.82, 2.24) is 15.1 Å². The van der Waals surface area contributed by atoms with E-state index in [1.165, 1.54) is 12.8 Å². The van der Waals surface area contributed by atoms with Gasteiger partial charge in [-0.25, -0.2) is 0 Å². The Kier molecular flexibility index (Phi) is 7.67. The molecule has 1 amide bonds. The Bertz CT molecular complexity index is 307. The molecule has 1 rings (SSSR count). The number of rotatable bonds is 7. The van der Waals surface area contributed by atoms with Crippen molar-refractivity contribution in [2.24, 2.45) is 5.92 Å². The second-order valence-electron chi connectivity index (χ2n) is 7.29. The molecule has 0 spiro atoms. The van der Waals surface area contributed by atoms with Gasteiger partial charge in [0.25, 0.3) is 0 Å². The second-order valence-corrected chi connectivity index (χ2v) is 7.29. The van der Waals surface area contributed by atoms with Crippen LogP contribution >= 0.6 is 0 Å². The maximum absolute atomic E-state index is 12.5. The van der Waals surface area contributed by atoms with Gasteiger partial charge in [-0.1, -0.05) is 13.8 Å². The van der Waals surface area contributed by atoms with Crippen LogP contribution in [0.2, 0.25) is 0 Å². The molecule has 21 heavy (non-hydrogen) atoms. The molecule has 0 aliphatic carbocycles. The Morgan fingerprint density at radius 3 is 2.33 bits per heavy atom. The monoisotopic (exact) mass is 297 g/mol. The summed E-state index contributed by atoms with van der Waals surface area (Å²) in [5, 5.41) is 3.53. The topological polar surface area (TPSA) is 35.6 Å². The lowest BCUT2D eigenvalue weighted by molar-refractivity contribution is -0.136. The number of nitrogens with one attached hydrogen (secondary N) is 1. The third-order valence-corrected chi connectivity index (χ3v) is 4.18. The summed E-state index contributed by atoms with van der Waals surface area (Å²) < 4.78 is 0. The standard InChI is InChI=1S/C17H35N3O/c1-13(2)18-10-16-8-7-9-19(11-16)12-17(21)20(14(3)4)15(5)6/h13-16,18H,7-12H2,1-6H3. The summed E-state index contributed by atoms with van der Waals surface area (Å²) in [6.07, 6.45) is 2.49. The van der Waals surface area contributed by atoms with Gasteiger partial charge in [-0.05, 0) is 59.5 Å². The van der Waals surface area contributed by atoms with Crippen LogP contribution in [0.3, 0.4) is 0 Å². The van der Waals surface area contributed by atoms with Gasteiger partial charge in [0.15, 0.2) is 0 Å². The van der Waals surface area contributed by atoms with Crippen molar-refractivity contribution in [2.45, 2.75) is 72.5 Å². The summed E-state index contributed by atoms with van der Waals surface area (Å²) in [7, 11) is 0. The van der Waals surface area contributed by atoms with Crippen molar-refractivity contribution < 1.29 is 4.79 Å². The second kappa shape index (κ2) is 8.74. The van der Waals surface area contributed by atoms with E-state index in [1.54, 1.807) is 0 Å².